The Hall–Kier alpha value is -2.34. The first-order valence-corrected chi connectivity index (χ1v) is 11.9. The maximum Gasteiger partial charge on any atom is 0.161 e. The smallest absolute Gasteiger partial charge is 0.161 e. The summed E-state index contributed by atoms with van der Waals surface area (Å²) in [6, 6.07) is 6.76. The predicted molar refractivity (Wildman–Crippen MR) is 120 cm³/mol. The maximum absolute atomic E-state index is 5.86. The number of hydrogen-bond acceptors (Lipinski definition) is 6. The van der Waals surface area contributed by atoms with Gasteiger partial charge in [-0.2, -0.15) is 0 Å². The summed E-state index contributed by atoms with van der Waals surface area (Å²) in [6.45, 7) is 6.67. The molecule has 2 aromatic heterocycles. The van der Waals surface area contributed by atoms with Gasteiger partial charge in [0, 0.05) is 11.4 Å². The van der Waals surface area contributed by atoms with Crippen LogP contribution in [0.4, 0.5) is 5.82 Å². The average molecular weight is 422 g/mol. The molecule has 30 heavy (non-hydrogen) atoms. The van der Waals surface area contributed by atoms with Crippen LogP contribution >= 0.6 is 11.3 Å². The summed E-state index contributed by atoms with van der Waals surface area (Å²) in [4.78, 5) is 15.1. The first-order chi connectivity index (χ1) is 14.7. The number of anilines is 1. The highest BCUT2D eigenvalue weighted by molar-refractivity contribution is 7.19. The molecule has 1 aliphatic carbocycles. The number of ether oxygens (including phenoxy) is 2. The molecule has 0 bridgehead atoms. The topological polar surface area (TPSA) is 47.5 Å². The fourth-order valence-electron chi connectivity index (χ4n) is 5.27. The number of nitrogens with zero attached hydrogens (tertiary/aromatic N) is 3. The van der Waals surface area contributed by atoms with Crippen molar-refractivity contribution < 1.29 is 9.47 Å². The van der Waals surface area contributed by atoms with E-state index in [0.29, 0.717) is 19.3 Å². The van der Waals surface area contributed by atoms with Crippen LogP contribution in [0.15, 0.2) is 18.2 Å². The monoisotopic (exact) mass is 421 g/mol. The van der Waals surface area contributed by atoms with E-state index in [2.05, 4.69) is 30.0 Å². The van der Waals surface area contributed by atoms with Crippen molar-refractivity contribution in [2.45, 2.75) is 52.0 Å². The Morgan fingerprint density at radius 1 is 1.10 bits per heavy atom. The van der Waals surface area contributed by atoms with Gasteiger partial charge in [-0.05, 0) is 68.2 Å². The van der Waals surface area contributed by atoms with E-state index in [1.54, 1.807) is 0 Å². The van der Waals surface area contributed by atoms with Crippen LogP contribution in [0.5, 0.6) is 11.5 Å². The molecule has 4 heterocycles. The molecule has 156 valence electrons. The number of fused-ring (bicyclic) bond motifs is 4. The molecule has 1 saturated heterocycles. The molecule has 3 aliphatic rings. The highest BCUT2D eigenvalue weighted by Gasteiger charge is 2.32. The van der Waals surface area contributed by atoms with Gasteiger partial charge in [0.1, 0.15) is 29.7 Å². The maximum atomic E-state index is 5.86. The van der Waals surface area contributed by atoms with Crippen LogP contribution in [0.2, 0.25) is 0 Å². The fraction of sp³-hybridized carbons (Fsp3) is 0.500. The van der Waals surface area contributed by atoms with Crippen LogP contribution in [0.1, 0.15) is 54.1 Å². The van der Waals surface area contributed by atoms with Gasteiger partial charge in [0.05, 0.1) is 11.4 Å². The van der Waals surface area contributed by atoms with Gasteiger partial charge in [0.2, 0.25) is 0 Å². The third kappa shape index (κ3) is 2.96. The zero-order valence-electron chi connectivity index (χ0n) is 17.6. The molecule has 2 unspecified atom stereocenters. The van der Waals surface area contributed by atoms with Crippen molar-refractivity contribution in [1.29, 1.82) is 0 Å². The molecule has 0 saturated carbocycles. The lowest BCUT2D eigenvalue weighted by molar-refractivity contribution is 0.171. The predicted octanol–water partition coefficient (Wildman–Crippen LogP) is 5.24. The van der Waals surface area contributed by atoms with Gasteiger partial charge in [0.15, 0.2) is 11.5 Å². The second kappa shape index (κ2) is 7.12. The largest absolute Gasteiger partial charge is 0.486 e. The standard InChI is InChI=1S/C24H27N3O2S/c1-14-5-7-17-21(12-14)30-24-22(17)23(25-15(2)26-24)27-9-3-4-18(27)16-6-8-19-20(13-16)29-11-10-28-19/h6,8,13-14,18H,3-5,7,9-12H2,1-2H3. The van der Waals surface area contributed by atoms with Gasteiger partial charge >= 0.3 is 0 Å². The molecule has 6 heteroatoms. The minimum absolute atomic E-state index is 0.316. The third-order valence-electron chi connectivity index (χ3n) is 6.72. The summed E-state index contributed by atoms with van der Waals surface area (Å²) in [5.41, 5.74) is 2.80. The van der Waals surface area contributed by atoms with Gasteiger partial charge in [-0.3, -0.25) is 0 Å². The molecule has 3 aromatic rings. The number of benzene rings is 1. The highest BCUT2D eigenvalue weighted by Crippen LogP contribution is 2.45. The van der Waals surface area contributed by atoms with Crippen molar-refractivity contribution in [2.75, 3.05) is 24.7 Å². The van der Waals surface area contributed by atoms with Crippen molar-refractivity contribution in [3.05, 3.63) is 40.0 Å². The second-order valence-electron chi connectivity index (χ2n) is 8.88. The number of thiophene rings is 1. The van der Waals surface area contributed by atoms with E-state index >= 15 is 0 Å². The Labute approximate surface area is 181 Å². The van der Waals surface area contributed by atoms with Crippen LogP contribution in [0.25, 0.3) is 10.2 Å². The molecule has 0 N–H and O–H groups in total. The Morgan fingerprint density at radius 2 is 1.97 bits per heavy atom. The second-order valence-corrected chi connectivity index (χ2v) is 9.96. The zero-order valence-corrected chi connectivity index (χ0v) is 18.4. The third-order valence-corrected chi connectivity index (χ3v) is 7.87. The van der Waals surface area contributed by atoms with E-state index in [-0.39, 0.29) is 0 Å². The van der Waals surface area contributed by atoms with Gasteiger partial charge in [-0.1, -0.05) is 13.0 Å². The van der Waals surface area contributed by atoms with Crippen LogP contribution in [0.3, 0.4) is 0 Å². The Kier molecular flexibility index (Phi) is 4.37. The van der Waals surface area contributed by atoms with E-state index in [4.69, 9.17) is 19.4 Å². The van der Waals surface area contributed by atoms with Crippen molar-refractivity contribution in [1.82, 2.24) is 9.97 Å². The van der Waals surface area contributed by atoms with Gasteiger partial charge < -0.3 is 14.4 Å². The Balaban J connectivity index is 1.45. The Morgan fingerprint density at radius 3 is 2.87 bits per heavy atom. The molecule has 0 spiro atoms. The first-order valence-electron chi connectivity index (χ1n) is 11.1. The van der Waals surface area contributed by atoms with E-state index in [0.717, 1.165) is 48.4 Å². The van der Waals surface area contributed by atoms with Gasteiger partial charge in [-0.25, -0.2) is 9.97 Å². The molecule has 5 nitrogen and oxygen atoms in total. The molecular weight excluding hydrogens is 394 g/mol. The summed E-state index contributed by atoms with van der Waals surface area (Å²) in [5.74, 6) is 4.51. The molecule has 6 rings (SSSR count). The molecule has 0 amide bonds. The summed E-state index contributed by atoms with van der Waals surface area (Å²) >= 11 is 1.89. The van der Waals surface area contributed by atoms with Crippen LogP contribution in [-0.2, 0) is 12.8 Å². The minimum Gasteiger partial charge on any atom is -0.486 e. The van der Waals surface area contributed by atoms with E-state index in [9.17, 15) is 0 Å². The van der Waals surface area contributed by atoms with Gasteiger partial charge in [0.25, 0.3) is 0 Å². The summed E-state index contributed by atoms with van der Waals surface area (Å²) in [7, 11) is 0. The Bertz CT molecular complexity index is 1130. The van der Waals surface area contributed by atoms with Crippen molar-refractivity contribution >= 4 is 27.4 Å². The lowest BCUT2D eigenvalue weighted by Crippen LogP contribution is -2.25. The van der Waals surface area contributed by atoms with Crippen molar-refractivity contribution in [3.8, 4) is 11.5 Å². The molecule has 2 atom stereocenters. The van der Waals surface area contributed by atoms with E-state index in [1.165, 1.54) is 45.5 Å². The number of rotatable bonds is 2. The van der Waals surface area contributed by atoms with Crippen molar-refractivity contribution in [3.63, 3.8) is 0 Å². The minimum atomic E-state index is 0.316. The number of aromatic nitrogens is 2. The van der Waals surface area contributed by atoms with Crippen molar-refractivity contribution in [2.24, 2.45) is 5.92 Å². The normalized spacial score (nSPS) is 23.1. The SMILES string of the molecule is Cc1nc(N2CCCC2c2ccc3c(c2)OCCO3)c2c3c(sc2n1)CC(C)CC3. The molecule has 2 aliphatic heterocycles. The first kappa shape index (κ1) is 18.4. The number of aryl methyl sites for hydroxylation is 2. The summed E-state index contributed by atoms with van der Waals surface area (Å²) in [5, 5.41) is 1.32. The average Bonchev–Trinajstić information content (AvgIpc) is 3.37. The zero-order chi connectivity index (χ0) is 20.2. The van der Waals surface area contributed by atoms with Gasteiger partial charge in [-0.15, -0.1) is 11.3 Å². The lowest BCUT2D eigenvalue weighted by atomic mass is 9.89. The highest BCUT2D eigenvalue weighted by atomic mass is 32.1. The van der Waals surface area contributed by atoms with Crippen LogP contribution in [-0.4, -0.2) is 29.7 Å². The molecule has 0 radical (unpaired) electrons. The fourth-order valence-corrected chi connectivity index (χ4v) is 6.69. The lowest BCUT2D eigenvalue weighted by Gasteiger charge is -2.29. The van der Waals surface area contributed by atoms with Crippen LogP contribution in [0, 0.1) is 12.8 Å². The molecular formula is C24H27N3O2S. The van der Waals surface area contributed by atoms with E-state index < -0.39 is 0 Å². The van der Waals surface area contributed by atoms with Crippen LogP contribution < -0.4 is 14.4 Å². The summed E-state index contributed by atoms with van der Waals surface area (Å²) in [6.07, 6.45) is 5.90. The van der Waals surface area contributed by atoms with E-state index in [1.807, 2.05) is 18.3 Å². The molecule has 1 aromatic carbocycles. The quantitative estimate of drug-likeness (QED) is 0.566. The molecule has 1 fully saturated rings. The number of hydrogen-bond donors (Lipinski definition) is 0. The summed E-state index contributed by atoms with van der Waals surface area (Å²) < 4.78 is 11.6.